The molecule has 2 aliphatic rings. The molecule has 1 aliphatic heterocycles. The van der Waals surface area contributed by atoms with Gasteiger partial charge in [0.15, 0.2) is 11.5 Å². The molecule has 5 heteroatoms. The molecule has 0 N–H and O–H groups in total. The number of rotatable bonds is 2. The first-order valence-electron chi connectivity index (χ1n) is 9.06. The second-order valence-corrected chi connectivity index (χ2v) is 7.99. The second kappa shape index (κ2) is 6.77. The molecule has 0 bridgehead atoms. The molecule has 1 amide bonds. The smallest absolute Gasteiger partial charge is 0.410 e. The van der Waals surface area contributed by atoms with Crippen molar-refractivity contribution in [2.75, 3.05) is 20.8 Å². The summed E-state index contributed by atoms with van der Waals surface area (Å²) < 4.78 is 16.7. The summed E-state index contributed by atoms with van der Waals surface area (Å²) >= 11 is 0. The Kier molecular flexibility index (Phi) is 4.85. The van der Waals surface area contributed by atoms with E-state index in [1.54, 1.807) is 14.2 Å². The molecule has 138 valence electrons. The van der Waals surface area contributed by atoms with Crippen LogP contribution in [0.5, 0.6) is 11.5 Å². The third-order valence-electron chi connectivity index (χ3n) is 5.19. The molecule has 1 aromatic rings. The Bertz CT molecular complexity index is 650. The van der Waals surface area contributed by atoms with Crippen LogP contribution in [0.25, 0.3) is 0 Å². The van der Waals surface area contributed by atoms with Gasteiger partial charge in [-0.2, -0.15) is 0 Å². The van der Waals surface area contributed by atoms with E-state index in [-0.39, 0.29) is 12.1 Å². The highest BCUT2D eigenvalue weighted by molar-refractivity contribution is 5.69. The zero-order valence-electron chi connectivity index (χ0n) is 15.9. The van der Waals surface area contributed by atoms with Gasteiger partial charge in [-0.25, -0.2) is 4.79 Å². The molecule has 2 atom stereocenters. The summed E-state index contributed by atoms with van der Waals surface area (Å²) in [7, 11) is 3.36. The Balaban J connectivity index is 1.88. The van der Waals surface area contributed by atoms with Gasteiger partial charge in [-0.05, 0) is 64.0 Å². The maximum absolute atomic E-state index is 12.7. The first kappa shape index (κ1) is 17.9. The monoisotopic (exact) mass is 347 g/mol. The van der Waals surface area contributed by atoms with E-state index in [0.717, 1.165) is 43.7 Å². The average molecular weight is 347 g/mol. The molecule has 1 saturated heterocycles. The van der Waals surface area contributed by atoms with Gasteiger partial charge < -0.3 is 19.1 Å². The van der Waals surface area contributed by atoms with Gasteiger partial charge in [0.1, 0.15) is 5.60 Å². The van der Waals surface area contributed by atoms with Gasteiger partial charge >= 0.3 is 6.09 Å². The Hall–Kier alpha value is -1.91. The Morgan fingerprint density at radius 3 is 2.56 bits per heavy atom. The van der Waals surface area contributed by atoms with Crippen molar-refractivity contribution >= 4 is 6.09 Å². The fourth-order valence-corrected chi connectivity index (χ4v) is 4.13. The number of piperidine rings is 1. The number of ether oxygens (including phenoxy) is 3. The van der Waals surface area contributed by atoms with E-state index in [1.165, 1.54) is 11.1 Å². The number of hydrogen-bond acceptors (Lipinski definition) is 4. The highest BCUT2D eigenvalue weighted by Crippen LogP contribution is 2.42. The van der Waals surface area contributed by atoms with Crippen molar-refractivity contribution in [3.63, 3.8) is 0 Å². The normalized spacial score (nSPS) is 22.7. The summed E-state index contributed by atoms with van der Waals surface area (Å²) in [5.41, 5.74) is 2.01. The number of likely N-dealkylation sites (tertiary alicyclic amines) is 1. The van der Waals surface area contributed by atoms with Crippen LogP contribution in [0.3, 0.4) is 0 Å². The van der Waals surface area contributed by atoms with E-state index >= 15 is 0 Å². The van der Waals surface area contributed by atoms with Gasteiger partial charge in [-0.15, -0.1) is 0 Å². The van der Waals surface area contributed by atoms with E-state index < -0.39 is 5.60 Å². The van der Waals surface area contributed by atoms with Crippen molar-refractivity contribution < 1.29 is 19.0 Å². The summed E-state index contributed by atoms with van der Waals surface area (Å²) in [5, 5.41) is 0. The average Bonchev–Trinajstić information content (AvgIpc) is 2.56. The van der Waals surface area contributed by atoms with Crippen LogP contribution in [-0.4, -0.2) is 43.4 Å². The van der Waals surface area contributed by atoms with Crippen molar-refractivity contribution in [1.29, 1.82) is 0 Å². The lowest BCUT2D eigenvalue weighted by atomic mass is 9.75. The molecule has 0 unspecified atom stereocenters. The maximum atomic E-state index is 12.7. The maximum Gasteiger partial charge on any atom is 0.410 e. The molecule has 1 aromatic carbocycles. The van der Waals surface area contributed by atoms with E-state index in [1.807, 2.05) is 31.7 Å². The van der Waals surface area contributed by atoms with Gasteiger partial charge in [-0.1, -0.05) is 6.07 Å². The molecular weight excluding hydrogens is 318 g/mol. The minimum Gasteiger partial charge on any atom is -0.493 e. The number of nitrogens with zero attached hydrogens (tertiary/aromatic N) is 1. The van der Waals surface area contributed by atoms with Crippen LogP contribution in [0.1, 0.15) is 44.7 Å². The molecule has 0 saturated carbocycles. The Morgan fingerprint density at radius 1 is 1.16 bits per heavy atom. The van der Waals surface area contributed by atoms with Crippen LogP contribution in [0, 0.1) is 5.92 Å². The zero-order chi connectivity index (χ0) is 18.2. The van der Waals surface area contributed by atoms with Crippen LogP contribution in [0.2, 0.25) is 0 Å². The summed E-state index contributed by atoms with van der Waals surface area (Å²) in [6.45, 7) is 6.53. The van der Waals surface area contributed by atoms with Crippen LogP contribution in [0.4, 0.5) is 4.79 Å². The molecule has 1 heterocycles. The number of carbonyl (C=O) groups is 1. The van der Waals surface area contributed by atoms with Crippen molar-refractivity contribution in [2.24, 2.45) is 5.92 Å². The number of carbonyl (C=O) groups excluding carboxylic acids is 1. The van der Waals surface area contributed by atoms with Crippen LogP contribution >= 0.6 is 0 Å². The molecule has 25 heavy (non-hydrogen) atoms. The lowest BCUT2D eigenvalue weighted by Crippen LogP contribution is -2.53. The highest BCUT2D eigenvalue weighted by Gasteiger charge is 2.40. The summed E-state index contributed by atoms with van der Waals surface area (Å²) in [6.07, 6.45) is 3.72. The lowest BCUT2D eigenvalue weighted by molar-refractivity contribution is -0.00145. The van der Waals surface area contributed by atoms with Crippen LogP contribution < -0.4 is 9.47 Å². The molecule has 1 fully saturated rings. The molecule has 3 rings (SSSR count). The third-order valence-corrected chi connectivity index (χ3v) is 5.19. The topological polar surface area (TPSA) is 48.0 Å². The first-order chi connectivity index (χ1) is 11.8. The van der Waals surface area contributed by atoms with Crippen molar-refractivity contribution in [2.45, 2.75) is 58.1 Å². The quantitative estimate of drug-likeness (QED) is 0.816. The van der Waals surface area contributed by atoms with E-state index in [0.29, 0.717) is 5.92 Å². The van der Waals surface area contributed by atoms with Crippen molar-refractivity contribution in [1.82, 2.24) is 4.90 Å². The largest absolute Gasteiger partial charge is 0.493 e. The van der Waals surface area contributed by atoms with Gasteiger partial charge in [0, 0.05) is 18.2 Å². The predicted octanol–water partition coefficient (Wildman–Crippen LogP) is 3.82. The summed E-state index contributed by atoms with van der Waals surface area (Å²) in [5.74, 6) is 2.06. The van der Waals surface area contributed by atoms with Gasteiger partial charge in [-0.3, -0.25) is 0 Å². The van der Waals surface area contributed by atoms with Crippen molar-refractivity contribution in [3.05, 3.63) is 23.3 Å². The lowest BCUT2D eigenvalue weighted by Gasteiger charge is -2.44. The van der Waals surface area contributed by atoms with Crippen LogP contribution in [0.15, 0.2) is 12.1 Å². The minimum absolute atomic E-state index is 0.189. The zero-order valence-corrected chi connectivity index (χ0v) is 15.9. The Morgan fingerprint density at radius 2 is 1.92 bits per heavy atom. The number of hydrogen-bond donors (Lipinski definition) is 0. The number of benzene rings is 1. The predicted molar refractivity (Wildman–Crippen MR) is 96.4 cm³/mol. The minimum atomic E-state index is -0.465. The molecule has 0 aromatic heterocycles. The highest BCUT2D eigenvalue weighted by atomic mass is 16.6. The van der Waals surface area contributed by atoms with E-state index in [9.17, 15) is 4.79 Å². The number of fused-ring (bicyclic) bond motifs is 2. The second-order valence-electron chi connectivity index (χ2n) is 7.99. The van der Waals surface area contributed by atoms with Gasteiger partial charge in [0.2, 0.25) is 0 Å². The van der Waals surface area contributed by atoms with Crippen LogP contribution in [-0.2, 0) is 17.6 Å². The van der Waals surface area contributed by atoms with Gasteiger partial charge in [0.25, 0.3) is 0 Å². The molecule has 0 radical (unpaired) electrons. The third kappa shape index (κ3) is 3.55. The van der Waals surface area contributed by atoms with Crippen molar-refractivity contribution in [3.8, 4) is 11.5 Å². The summed E-state index contributed by atoms with van der Waals surface area (Å²) in [6, 6.07) is 4.27. The van der Waals surface area contributed by atoms with Gasteiger partial charge in [0.05, 0.1) is 14.2 Å². The standard InChI is InChI=1S/C20H29NO4/c1-20(2,3)25-19(22)21-10-6-7-14-11-15-13(12-16(14)21)8-9-17(23-4)18(15)24-5/h8-9,14,16H,6-7,10-12H2,1-5H3/t14-,16-/m0/s1. The fraction of sp³-hybridized carbons (Fsp3) is 0.650. The van der Waals surface area contributed by atoms with E-state index in [4.69, 9.17) is 14.2 Å². The van der Waals surface area contributed by atoms with E-state index in [2.05, 4.69) is 6.07 Å². The SMILES string of the molecule is COc1ccc2c(c1OC)C[C@@H]1CCCN(C(=O)OC(C)(C)C)[C@H]1C2. The fourth-order valence-electron chi connectivity index (χ4n) is 4.13. The number of amides is 1. The summed E-state index contributed by atoms with van der Waals surface area (Å²) in [4.78, 5) is 14.6. The molecular formula is C20H29NO4. The molecule has 5 nitrogen and oxygen atoms in total. The first-order valence-corrected chi connectivity index (χ1v) is 9.06. The Labute approximate surface area is 150 Å². The molecule has 1 aliphatic carbocycles. The number of methoxy groups -OCH3 is 2. The molecule has 0 spiro atoms.